The minimum absolute atomic E-state index is 0.0136. The topological polar surface area (TPSA) is 21.6 Å². The Morgan fingerprint density at radius 2 is 1.68 bits per heavy atom. The fourth-order valence-corrected chi connectivity index (χ4v) is 1.75. The van der Waals surface area contributed by atoms with Crippen LogP contribution in [0.25, 0.3) is 0 Å². The van der Waals surface area contributed by atoms with E-state index in [4.69, 9.17) is 4.74 Å². The number of rotatable bonds is 6. The highest BCUT2D eigenvalue weighted by Crippen LogP contribution is 2.20. The van der Waals surface area contributed by atoms with Gasteiger partial charge in [-0.15, -0.1) is 0 Å². The standard InChI is InChI=1S/C17H16F3NO/c1-2-3-8-22-14-6-4-12(5-7-14)11-21-13-9-15(18)17(20)16(19)10-13/h4-7,9-11H,2-3,8H2,1H3. The van der Waals surface area contributed by atoms with Crippen LogP contribution in [0, 0.1) is 17.5 Å². The summed E-state index contributed by atoms with van der Waals surface area (Å²) in [5, 5.41) is 0. The summed E-state index contributed by atoms with van der Waals surface area (Å²) >= 11 is 0. The largest absolute Gasteiger partial charge is 0.494 e. The van der Waals surface area contributed by atoms with Gasteiger partial charge in [0.25, 0.3) is 0 Å². The van der Waals surface area contributed by atoms with Gasteiger partial charge in [0, 0.05) is 18.3 Å². The van der Waals surface area contributed by atoms with Gasteiger partial charge in [0.05, 0.1) is 12.3 Å². The van der Waals surface area contributed by atoms with E-state index in [1.807, 2.05) is 0 Å². The molecule has 0 aliphatic rings. The van der Waals surface area contributed by atoms with Gasteiger partial charge in [-0.05, 0) is 36.2 Å². The van der Waals surface area contributed by atoms with Crippen molar-refractivity contribution in [1.82, 2.24) is 0 Å². The molecule has 0 aliphatic carbocycles. The van der Waals surface area contributed by atoms with Crippen LogP contribution in [0.1, 0.15) is 25.3 Å². The quantitative estimate of drug-likeness (QED) is 0.416. The van der Waals surface area contributed by atoms with Gasteiger partial charge in [-0.3, -0.25) is 4.99 Å². The molecule has 2 aromatic rings. The minimum atomic E-state index is -1.49. The Morgan fingerprint density at radius 1 is 1.05 bits per heavy atom. The first-order valence-corrected chi connectivity index (χ1v) is 7.01. The number of ether oxygens (including phenoxy) is 1. The van der Waals surface area contributed by atoms with Crippen LogP contribution in [-0.4, -0.2) is 12.8 Å². The van der Waals surface area contributed by atoms with Crippen LogP contribution in [0.15, 0.2) is 41.4 Å². The van der Waals surface area contributed by atoms with E-state index in [-0.39, 0.29) is 5.69 Å². The average molecular weight is 307 g/mol. The molecule has 2 aromatic carbocycles. The molecule has 0 heterocycles. The molecule has 5 heteroatoms. The maximum atomic E-state index is 13.1. The van der Waals surface area contributed by atoms with Crippen molar-refractivity contribution in [3.63, 3.8) is 0 Å². The third-order valence-corrected chi connectivity index (χ3v) is 2.98. The molecular formula is C17H16F3NO. The number of hydrogen-bond donors (Lipinski definition) is 0. The number of benzene rings is 2. The highest BCUT2D eigenvalue weighted by molar-refractivity contribution is 5.82. The van der Waals surface area contributed by atoms with Crippen molar-refractivity contribution in [3.05, 3.63) is 59.4 Å². The van der Waals surface area contributed by atoms with Crippen molar-refractivity contribution in [2.24, 2.45) is 4.99 Å². The fourth-order valence-electron chi connectivity index (χ4n) is 1.75. The van der Waals surface area contributed by atoms with Gasteiger partial charge < -0.3 is 4.74 Å². The highest BCUT2D eigenvalue weighted by Gasteiger charge is 2.09. The van der Waals surface area contributed by atoms with Gasteiger partial charge in [0.2, 0.25) is 0 Å². The molecule has 0 saturated heterocycles. The Bertz CT molecular complexity index is 630. The Labute approximate surface area is 127 Å². The zero-order valence-electron chi connectivity index (χ0n) is 12.2. The molecule has 0 fully saturated rings. The molecule has 2 rings (SSSR count). The fraction of sp³-hybridized carbons (Fsp3) is 0.235. The van der Waals surface area contributed by atoms with Crippen LogP contribution in [0.3, 0.4) is 0 Å². The summed E-state index contributed by atoms with van der Waals surface area (Å²) in [7, 11) is 0. The van der Waals surface area contributed by atoms with Gasteiger partial charge in [0.1, 0.15) is 5.75 Å². The second kappa shape index (κ2) is 7.64. The molecule has 0 bridgehead atoms. The summed E-state index contributed by atoms with van der Waals surface area (Å²) in [6.07, 6.45) is 3.50. The first-order chi connectivity index (χ1) is 10.6. The lowest BCUT2D eigenvalue weighted by atomic mass is 10.2. The monoisotopic (exact) mass is 307 g/mol. The van der Waals surface area contributed by atoms with E-state index in [9.17, 15) is 13.2 Å². The summed E-state index contributed by atoms with van der Waals surface area (Å²) < 4.78 is 44.5. The Hall–Kier alpha value is -2.30. The first kappa shape index (κ1) is 16.1. The van der Waals surface area contributed by atoms with E-state index in [1.54, 1.807) is 24.3 Å². The Balaban J connectivity index is 2.04. The smallest absolute Gasteiger partial charge is 0.194 e. The van der Waals surface area contributed by atoms with Crippen molar-refractivity contribution in [1.29, 1.82) is 0 Å². The average Bonchev–Trinajstić information content (AvgIpc) is 2.52. The minimum Gasteiger partial charge on any atom is -0.494 e. The number of unbranched alkanes of at least 4 members (excludes halogenated alkanes) is 1. The van der Waals surface area contributed by atoms with Crippen LogP contribution in [0.5, 0.6) is 5.75 Å². The number of aliphatic imine (C=N–C) groups is 1. The van der Waals surface area contributed by atoms with Gasteiger partial charge in [-0.2, -0.15) is 0 Å². The second-order valence-electron chi connectivity index (χ2n) is 4.75. The van der Waals surface area contributed by atoms with Crippen LogP contribution in [0.4, 0.5) is 18.9 Å². The van der Waals surface area contributed by atoms with Gasteiger partial charge in [-0.25, -0.2) is 13.2 Å². The van der Waals surface area contributed by atoms with E-state index >= 15 is 0 Å². The SMILES string of the molecule is CCCCOc1ccc(C=Nc2cc(F)c(F)c(F)c2)cc1. The normalized spacial score (nSPS) is 11.1. The van der Waals surface area contributed by atoms with Crippen LogP contribution < -0.4 is 4.74 Å². The van der Waals surface area contributed by atoms with Crippen molar-refractivity contribution >= 4 is 11.9 Å². The van der Waals surface area contributed by atoms with E-state index in [1.165, 1.54) is 6.21 Å². The van der Waals surface area contributed by atoms with Gasteiger partial charge in [-0.1, -0.05) is 13.3 Å². The van der Waals surface area contributed by atoms with Crippen molar-refractivity contribution < 1.29 is 17.9 Å². The Kier molecular flexibility index (Phi) is 5.58. The maximum Gasteiger partial charge on any atom is 0.194 e. The van der Waals surface area contributed by atoms with Gasteiger partial charge in [0.15, 0.2) is 17.5 Å². The Morgan fingerprint density at radius 3 is 2.27 bits per heavy atom. The third-order valence-electron chi connectivity index (χ3n) is 2.98. The molecule has 0 amide bonds. The molecule has 0 aliphatic heterocycles. The number of hydrogen-bond acceptors (Lipinski definition) is 2. The predicted octanol–water partition coefficient (Wildman–Crippen LogP) is 5.03. The molecule has 0 saturated carbocycles. The lowest BCUT2D eigenvalue weighted by Gasteiger charge is -2.04. The summed E-state index contributed by atoms with van der Waals surface area (Å²) in [4.78, 5) is 3.93. The lowest BCUT2D eigenvalue weighted by Crippen LogP contribution is -1.96. The van der Waals surface area contributed by atoms with E-state index in [0.717, 1.165) is 36.3 Å². The van der Waals surface area contributed by atoms with E-state index in [2.05, 4.69) is 11.9 Å². The zero-order chi connectivity index (χ0) is 15.9. The third kappa shape index (κ3) is 4.35. The van der Waals surface area contributed by atoms with Crippen LogP contribution >= 0.6 is 0 Å². The molecule has 0 unspecified atom stereocenters. The predicted molar refractivity (Wildman–Crippen MR) is 80.4 cm³/mol. The molecule has 22 heavy (non-hydrogen) atoms. The molecule has 0 aromatic heterocycles. The summed E-state index contributed by atoms with van der Waals surface area (Å²) in [5.41, 5.74) is 0.757. The van der Waals surface area contributed by atoms with Crippen molar-refractivity contribution in [2.75, 3.05) is 6.61 Å². The lowest BCUT2D eigenvalue weighted by molar-refractivity contribution is 0.309. The zero-order valence-corrected chi connectivity index (χ0v) is 12.2. The summed E-state index contributed by atoms with van der Waals surface area (Å²) in [6, 6.07) is 8.84. The second-order valence-corrected chi connectivity index (χ2v) is 4.75. The van der Waals surface area contributed by atoms with E-state index < -0.39 is 17.5 Å². The van der Waals surface area contributed by atoms with Crippen molar-refractivity contribution in [3.8, 4) is 5.75 Å². The van der Waals surface area contributed by atoms with Crippen LogP contribution in [0.2, 0.25) is 0 Å². The maximum absolute atomic E-state index is 13.1. The molecule has 2 nitrogen and oxygen atoms in total. The van der Waals surface area contributed by atoms with E-state index in [0.29, 0.717) is 6.61 Å². The molecule has 116 valence electrons. The first-order valence-electron chi connectivity index (χ1n) is 7.01. The number of halogens is 3. The molecule has 0 atom stereocenters. The van der Waals surface area contributed by atoms with Gasteiger partial charge >= 0.3 is 0 Å². The molecule has 0 radical (unpaired) electrons. The van der Waals surface area contributed by atoms with Crippen molar-refractivity contribution in [2.45, 2.75) is 19.8 Å². The molecule has 0 spiro atoms. The summed E-state index contributed by atoms with van der Waals surface area (Å²) in [5.74, 6) is -3.25. The summed E-state index contributed by atoms with van der Waals surface area (Å²) in [6.45, 7) is 2.75. The highest BCUT2D eigenvalue weighted by atomic mass is 19.2. The number of nitrogens with zero attached hydrogens (tertiary/aromatic N) is 1. The van der Waals surface area contributed by atoms with Crippen LogP contribution in [-0.2, 0) is 0 Å². The molecule has 0 N–H and O–H groups in total. The molecular weight excluding hydrogens is 291 g/mol.